The van der Waals surface area contributed by atoms with Crippen LogP contribution in [0.4, 0.5) is 4.39 Å². The van der Waals surface area contributed by atoms with Crippen LogP contribution in [0.15, 0.2) is 24.3 Å². The lowest BCUT2D eigenvalue weighted by Gasteiger charge is -2.15. The van der Waals surface area contributed by atoms with Gasteiger partial charge in [-0.05, 0) is 19.9 Å². The van der Waals surface area contributed by atoms with Crippen LogP contribution >= 0.6 is 11.6 Å². The Balaban J connectivity index is 2.09. The summed E-state index contributed by atoms with van der Waals surface area (Å²) in [6.07, 6.45) is 0. The predicted molar refractivity (Wildman–Crippen MR) is 74.6 cm³/mol. The average molecular weight is 282 g/mol. The summed E-state index contributed by atoms with van der Waals surface area (Å²) in [6, 6.07) is 6.68. The maximum atomic E-state index is 13.6. The van der Waals surface area contributed by atoms with Crippen molar-refractivity contribution in [2.45, 2.75) is 26.4 Å². The van der Waals surface area contributed by atoms with Gasteiger partial charge in [-0.1, -0.05) is 29.8 Å². The molecule has 0 spiro atoms. The van der Waals surface area contributed by atoms with E-state index < -0.39 is 0 Å². The third-order valence-corrected chi connectivity index (χ3v) is 3.70. The summed E-state index contributed by atoms with van der Waals surface area (Å²) in [6.45, 7) is 4.34. The molecule has 0 saturated carbocycles. The van der Waals surface area contributed by atoms with E-state index in [0.29, 0.717) is 17.1 Å². The number of halogens is 2. The third kappa shape index (κ3) is 2.96. The molecule has 0 radical (unpaired) electrons. The van der Waals surface area contributed by atoms with Crippen molar-refractivity contribution >= 4 is 11.6 Å². The Bertz CT molecular complexity index is 580. The van der Waals surface area contributed by atoms with Crippen LogP contribution in [0.5, 0.6) is 0 Å². The molecule has 0 aliphatic heterocycles. The number of aryl methyl sites for hydroxylation is 2. The molecule has 0 fully saturated rings. The van der Waals surface area contributed by atoms with E-state index in [1.165, 1.54) is 6.07 Å². The average Bonchev–Trinajstić information content (AvgIpc) is 2.61. The number of aromatic nitrogens is 2. The van der Waals surface area contributed by atoms with E-state index in [1.807, 2.05) is 27.0 Å². The van der Waals surface area contributed by atoms with E-state index in [9.17, 15) is 4.39 Å². The molecule has 0 amide bonds. The van der Waals surface area contributed by atoms with Crippen molar-refractivity contribution in [1.82, 2.24) is 15.1 Å². The Morgan fingerprint density at radius 1 is 1.42 bits per heavy atom. The molecule has 102 valence electrons. The molecule has 19 heavy (non-hydrogen) atoms. The Hall–Kier alpha value is -1.39. The molecule has 5 heteroatoms. The van der Waals surface area contributed by atoms with E-state index >= 15 is 0 Å². The molecule has 1 aromatic heterocycles. The number of nitrogens with zero attached hydrogens (tertiary/aromatic N) is 2. The quantitative estimate of drug-likeness (QED) is 0.931. The van der Waals surface area contributed by atoms with Crippen LogP contribution in [-0.4, -0.2) is 9.78 Å². The standard InChI is InChI=1S/C14H17ClFN3/c1-9(11-6-4-5-7-12(11)16)17-8-13-14(15)10(2)18-19(13)3/h4-7,9,17H,8H2,1-3H3. The van der Waals surface area contributed by atoms with Crippen LogP contribution in [0, 0.1) is 12.7 Å². The molecule has 2 rings (SSSR count). The Morgan fingerprint density at radius 2 is 2.11 bits per heavy atom. The topological polar surface area (TPSA) is 29.9 Å². The zero-order chi connectivity index (χ0) is 14.0. The molecule has 1 N–H and O–H groups in total. The van der Waals surface area contributed by atoms with Gasteiger partial charge in [0.05, 0.1) is 16.4 Å². The zero-order valence-electron chi connectivity index (χ0n) is 11.2. The van der Waals surface area contributed by atoms with Crippen LogP contribution in [0.1, 0.15) is 29.9 Å². The second-order valence-electron chi connectivity index (χ2n) is 4.59. The molecule has 2 aromatic rings. The number of hydrogen-bond acceptors (Lipinski definition) is 2. The van der Waals surface area contributed by atoms with Crippen molar-refractivity contribution < 1.29 is 4.39 Å². The second kappa shape index (κ2) is 5.72. The van der Waals surface area contributed by atoms with Crippen LogP contribution in [0.25, 0.3) is 0 Å². The summed E-state index contributed by atoms with van der Waals surface area (Å²) in [5, 5.41) is 8.18. The van der Waals surface area contributed by atoms with Crippen molar-refractivity contribution in [3.63, 3.8) is 0 Å². The second-order valence-corrected chi connectivity index (χ2v) is 4.97. The largest absolute Gasteiger partial charge is 0.304 e. The fourth-order valence-electron chi connectivity index (χ4n) is 2.06. The highest BCUT2D eigenvalue weighted by atomic mass is 35.5. The highest BCUT2D eigenvalue weighted by molar-refractivity contribution is 6.31. The maximum absolute atomic E-state index is 13.6. The molecular formula is C14H17ClFN3. The number of rotatable bonds is 4. The van der Waals surface area contributed by atoms with Crippen molar-refractivity contribution in [2.24, 2.45) is 7.05 Å². The van der Waals surface area contributed by atoms with E-state index in [2.05, 4.69) is 10.4 Å². The van der Waals surface area contributed by atoms with Gasteiger partial charge in [-0.3, -0.25) is 4.68 Å². The molecule has 0 aliphatic rings. The maximum Gasteiger partial charge on any atom is 0.127 e. The van der Waals surface area contributed by atoms with Crippen LogP contribution in [-0.2, 0) is 13.6 Å². The van der Waals surface area contributed by atoms with Gasteiger partial charge in [0, 0.05) is 25.2 Å². The van der Waals surface area contributed by atoms with E-state index in [4.69, 9.17) is 11.6 Å². The minimum Gasteiger partial charge on any atom is -0.304 e. The van der Waals surface area contributed by atoms with Gasteiger partial charge in [0.2, 0.25) is 0 Å². The molecule has 1 heterocycles. The van der Waals surface area contributed by atoms with E-state index in [1.54, 1.807) is 16.8 Å². The SMILES string of the molecule is Cc1nn(C)c(CNC(C)c2ccccc2F)c1Cl. The highest BCUT2D eigenvalue weighted by Gasteiger charge is 2.14. The van der Waals surface area contributed by atoms with Crippen molar-refractivity contribution in [3.8, 4) is 0 Å². The molecule has 1 aromatic carbocycles. The molecule has 3 nitrogen and oxygen atoms in total. The van der Waals surface area contributed by atoms with Crippen LogP contribution in [0.3, 0.4) is 0 Å². The lowest BCUT2D eigenvalue weighted by atomic mass is 10.1. The molecule has 0 saturated heterocycles. The summed E-state index contributed by atoms with van der Waals surface area (Å²) in [4.78, 5) is 0. The zero-order valence-corrected chi connectivity index (χ0v) is 12.0. The van der Waals surface area contributed by atoms with E-state index in [0.717, 1.165) is 11.4 Å². The smallest absolute Gasteiger partial charge is 0.127 e. The number of benzene rings is 1. The van der Waals surface area contributed by atoms with Gasteiger partial charge >= 0.3 is 0 Å². The molecular weight excluding hydrogens is 265 g/mol. The third-order valence-electron chi connectivity index (χ3n) is 3.21. The molecule has 0 aliphatic carbocycles. The van der Waals surface area contributed by atoms with Crippen molar-refractivity contribution in [2.75, 3.05) is 0 Å². The molecule has 1 atom stereocenters. The molecule has 1 unspecified atom stereocenters. The Labute approximate surface area is 117 Å². The van der Waals surface area contributed by atoms with Gasteiger partial charge in [0.25, 0.3) is 0 Å². The van der Waals surface area contributed by atoms with Crippen molar-refractivity contribution in [3.05, 3.63) is 52.1 Å². The fraction of sp³-hybridized carbons (Fsp3) is 0.357. The van der Waals surface area contributed by atoms with Gasteiger partial charge in [-0.25, -0.2) is 4.39 Å². The van der Waals surface area contributed by atoms with Crippen LogP contribution in [0.2, 0.25) is 5.02 Å². The Kier molecular flexibility index (Phi) is 4.22. The first-order chi connectivity index (χ1) is 9.00. The first-order valence-electron chi connectivity index (χ1n) is 6.16. The van der Waals surface area contributed by atoms with Gasteiger partial charge in [-0.15, -0.1) is 0 Å². The van der Waals surface area contributed by atoms with Crippen LogP contribution < -0.4 is 5.32 Å². The highest BCUT2D eigenvalue weighted by Crippen LogP contribution is 2.21. The predicted octanol–water partition coefficient (Wildman–Crippen LogP) is 3.37. The lowest BCUT2D eigenvalue weighted by molar-refractivity contribution is 0.515. The summed E-state index contributed by atoms with van der Waals surface area (Å²) >= 11 is 6.18. The monoisotopic (exact) mass is 281 g/mol. The summed E-state index contributed by atoms with van der Waals surface area (Å²) in [5.74, 6) is -0.199. The van der Waals surface area contributed by atoms with Gasteiger partial charge < -0.3 is 5.32 Å². The normalized spacial score (nSPS) is 12.7. The first kappa shape index (κ1) is 14.0. The number of hydrogen-bond donors (Lipinski definition) is 1. The minimum absolute atomic E-state index is 0.0903. The Morgan fingerprint density at radius 3 is 2.68 bits per heavy atom. The summed E-state index contributed by atoms with van der Waals surface area (Å²) in [7, 11) is 1.85. The van der Waals surface area contributed by atoms with Gasteiger partial charge in [-0.2, -0.15) is 5.10 Å². The fourth-order valence-corrected chi connectivity index (χ4v) is 2.29. The summed E-state index contributed by atoms with van der Waals surface area (Å²) in [5.41, 5.74) is 2.36. The molecule has 0 bridgehead atoms. The first-order valence-corrected chi connectivity index (χ1v) is 6.54. The van der Waals surface area contributed by atoms with Gasteiger partial charge in [0.15, 0.2) is 0 Å². The van der Waals surface area contributed by atoms with E-state index in [-0.39, 0.29) is 11.9 Å². The lowest BCUT2D eigenvalue weighted by Crippen LogP contribution is -2.20. The summed E-state index contributed by atoms with van der Waals surface area (Å²) < 4.78 is 15.4. The number of nitrogens with one attached hydrogen (secondary N) is 1. The van der Waals surface area contributed by atoms with Crippen molar-refractivity contribution in [1.29, 1.82) is 0 Å². The van der Waals surface area contributed by atoms with Gasteiger partial charge in [0.1, 0.15) is 5.82 Å². The minimum atomic E-state index is -0.199.